The predicted octanol–water partition coefficient (Wildman–Crippen LogP) is 2.97. The maximum absolute atomic E-state index is 10.3. The average molecular weight is 271 g/mol. The van der Waals surface area contributed by atoms with Gasteiger partial charge in [0.05, 0.1) is 16.7 Å². The summed E-state index contributed by atoms with van der Waals surface area (Å²) in [5.41, 5.74) is 0. The topological polar surface area (TPSA) is 34.9 Å². The molecule has 3 nitrogen and oxygen atoms in total. The first-order valence-electron chi connectivity index (χ1n) is 5.43. The molecule has 1 aliphatic carbocycles. The Morgan fingerprint density at radius 3 is 3.13 bits per heavy atom. The molecular formula is C11H15BrN2O. The lowest BCUT2D eigenvalue weighted by Gasteiger charge is -2.10. The van der Waals surface area contributed by atoms with E-state index in [-0.39, 0.29) is 0 Å². The molecule has 0 aromatic carbocycles. The van der Waals surface area contributed by atoms with Crippen LogP contribution in [0.2, 0.25) is 0 Å². The summed E-state index contributed by atoms with van der Waals surface area (Å²) in [6, 6.07) is 0.535. The molecule has 0 bridgehead atoms. The third kappa shape index (κ3) is 2.68. The zero-order valence-corrected chi connectivity index (χ0v) is 10.2. The molecule has 0 radical (unpaired) electrons. The van der Waals surface area contributed by atoms with Crippen LogP contribution in [0.5, 0.6) is 0 Å². The summed E-state index contributed by atoms with van der Waals surface area (Å²) in [4.78, 5) is 10.3. The Hall–Kier alpha value is -0.640. The van der Waals surface area contributed by atoms with E-state index in [1.165, 1.54) is 19.3 Å². The second kappa shape index (κ2) is 4.92. The fraction of sp³-hybridized carbons (Fsp3) is 0.636. The normalized spacial score (nSPS) is 25.7. The van der Waals surface area contributed by atoms with E-state index < -0.39 is 0 Å². The number of aromatic nitrogens is 2. The fourth-order valence-corrected chi connectivity index (χ4v) is 2.67. The van der Waals surface area contributed by atoms with E-state index in [0.29, 0.717) is 18.4 Å². The Labute approximate surface area is 98.0 Å². The lowest BCUT2D eigenvalue weighted by Crippen LogP contribution is -2.06. The number of hydrogen-bond acceptors (Lipinski definition) is 2. The molecule has 4 heteroatoms. The number of nitrogens with zero attached hydrogens (tertiary/aromatic N) is 2. The minimum atomic E-state index is 0.535. The highest BCUT2D eigenvalue weighted by molar-refractivity contribution is 9.10. The van der Waals surface area contributed by atoms with Crippen molar-refractivity contribution in [3.8, 4) is 0 Å². The number of carbonyl (C=O) groups is 1. The Bertz CT molecular complexity index is 337. The van der Waals surface area contributed by atoms with Crippen LogP contribution in [0.1, 0.15) is 38.1 Å². The molecule has 1 aromatic rings. The van der Waals surface area contributed by atoms with Gasteiger partial charge in [0, 0.05) is 12.6 Å². The summed E-state index contributed by atoms with van der Waals surface area (Å²) in [7, 11) is 0. The summed E-state index contributed by atoms with van der Waals surface area (Å²) in [6.45, 7) is 0. The minimum absolute atomic E-state index is 0.535. The van der Waals surface area contributed by atoms with Crippen LogP contribution in [0.15, 0.2) is 16.9 Å². The first-order valence-corrected chi connectivity index (χ1v) is 6.22. The van der Waals surface area contributed by atoms with Crippen molar-refractivity contribution in [3.05, 3.63) is 16.9 Å². The fourth-order valence-electron chi connectivity index (χ4n) is 2.37. The maximum Gasteiger partial charge on any atom is 0.120 e. The van der Waals surface area contributed by atoms with E-state index in [4.69, 9.17) is 0 Å². The van der Waals surface area contributed by atoms with Crippen molar-refractivity contribution in [2.75, 3.05) is 0 Å². The number of carbonyl (C=O) groups excluding carboxylic acids is 1. The molecule has 1 fully saturated rings. The van der Waals surface area contributed by atoms with Crippen molar-refractivity contribution in [1.29, 1.82) is 0 Å². The molecule has 1 aromatic heterocycles. The molecule has 1 heterocycles. The highest BCUT2D eigenvalue weighted by Gasteiger charge is 2.25. The standard InChI is InChI=1S/C11H15BrN2O/c12-10-7-13-14(8-10)11-4-3-9(6-11)2-1-5-15/h5,7-9,11H,1-4,6H2. The van der Waals surface area contributed by atoms with Gasteiger partial charge in [-0.1, -0.05) is 0 Å². The number of halogens is 1. The quantitative estimate of drug-likeness (QED) is 0.789. The Morgan fingerprint density at radius 1 is 1.60 bits per heavy atom. The third-order valence-corrected chi connectivity index (χ3v) is 3.56. The molecular weight excluding hydrogens is 256 g/mol. The van der Waals surface area contributed by atoms with Crippen LogP contribution in [0, 0.1) is 5.92 Å². The summed E-state index contributed by atoms with van der Waals surface area (Å²) >= 11 is 3.41. The van der Waals surface area contributed by atoms with Gasteiger partial charge in [-0.15, -0.1) is 0 Å². The molecule has 82 valence electrons. The maximum atomic E-state index is 10.3. The van der Waals surface area contributed by atoms with Crippen LogP contribution in [0.3, 0.4) is 0 Å². The average Bonchev–Trinajstić information content (AvgIpc) is 2.83. The smallest absolute Gasteiger partial charge is 0.120 e. The van der Waals surface area contributed by atoms with Gasteiger partial charge in [-0.3, -0.25) is 4.68 Å². The van der Waals surface area contributed by atoms with Crippen LogP contribution in [0.25, 0.3) is 0 Å². The molecule has 0 amide bonds. The SMILES string of the molecule is O=CCCC1CCC(n2cc(Br)cn2)C1. The molecule has 0 spiro atoms. The van der Waals surface area contributed by atoms with Crippen LogP contribution in [-0.4, -0.2) is 16.1 Å². The van der Waals surface area contributed by atoms with Gasteiger partial charge in [-0.25, -0.2) is 0 Å². The summed E-state index contributed by atoms with van der Waals surface area (Å²) in [6.07, 6.45) is 10.2. The van der Waals surface area contributed by atoms with E-state index in [1.54, 1.807) is 0 Å². The van der Waals surface area contributed by atoms with Crippen molar-refractivity contribution < 1.29 is 4.79 Å². The summed E-state index contributed by atoms with van der Waals surface area (Å²) in [5.74, 6) is 0.711. The second-order valence-electron chi connectivity index (χ2n) is 4.22. The zero-order chi connectivity index (χ0) is 10.7. The highest BCUT2D eigenvalue weighted by Crippen LogP contribution is 2.36. The zero-order valence-electron chi connectivity index (χ0n) is 8.60. The molecule has 0 saturated heterocycles. The van der Waals surface area contributed by atoms with Gasteiger partial charge in [-0.2, -0.15) is 5.10 Å². The Kier molecular flexibility index (Phi) is 3.57. The van der Waals surface area contributed by atoms with Gasteiger partial charge >= 0.3 is 0 Å². The minimum Gasteiger partial charge on any atom is -0.303 e. The molecule has 2 rings (SSSR count). The van der Waals surface area contributed by atoms with E-state index in [2.05, 4.69) is 21.0 Å². The molecule has 2 atom stereocenters. The van der Waals surface area contributed by atoms with E-state index in [9.17, 15) is 4.79 Å². The second-order valence-corrected chi connectivity index (χ2v) is 5.13. The van der Waals surface area contributed by atoms with E-state index >= 15 is 0 Å². The van der Waals surface area contributed by atoms with Gasteiger partial charge in [0.2, 0.25) is 0 Å². The molecule has 2 unspecified atom stereocenters. The van der Waals surface area contributed by atoms with Crippen molar-refractivity contribution in [2.45, 2.75) is 38.1 Å². The van der Waals surface area contributed by atoms with Crippen molar-refractivity contribution >= 4 is 22.2 Å². The van der Waals surface area contributed by atoms with Crippen LogP contribution in [0.4, 0.5) is 0 Å². The number of hydrogen-bond donors (Lipinski definition) is 0. The van der Waals surface area contributed by atoms with Gasteiger partial charge < -0.3 is 4.79 Å². The van der Waals surface area contributed by atoms with Gasteiger partial charge in [0.15, 0.2) is 0 Å². The van der Waals surface area contributed by atoms with E-state index in [0.717, 1.165) is 17.2 Å². The van der Waals surface area contributed by atoms with Crippen LogP contribution < -0.4 is 0 Å². The number of aldehydes is 1. The van der Waals surface area contributed by atoms with Crippen LogP contribution in [-0.2, 0) is 4.79 Å². The van der Waals surface area contributed by atoms with Crippen molar-refractivity contribution in [1.82, 2.24) is 9.78 Å². The first kappa shape index (κ1) is 10.9. The van der Waals surface area contributed by atoms with Crippen molar-refractivity contribution in [3.63, 3.8) is 0 Å². The largest absolute Gasteiger partial charge is 0.303 e. The lowest BCUT2D eigenvalue weighted by molar-refractivity contribution is -0.108. The first-order chi connectivity index (χ1) is 7.29. The Morgan fingerprint density at radius 2 is 2.47 bits per heavy atom. The van der Waals surface area contributed by atoms with E-state index in [1.807, 2.05) is 17.1 Å². The lowest BCUT2D eigenvalue weighted by atomic mass is 10.0. The molecule has 0 aliphatic heterocycles. The summed E-state index contributed by atoms with van der Waals surface area (Å²) in [5, 5.41) is 4.31. The van der Waals surface area contributed by atoms with Crippen LogP contribution >= 0.6 is 15.9 Å². The molecule has 1 saturated carbocycles. The molecule has 1 aliphatic rings. The monoisotopic (exact) mass is 270 g/mol. The highest BCUT2D eigenvalue weighted by atomic mass is 79.9. The molecule has 15 heavy (non-hydrogen) atoms. The third-order valence-electron chi connectivity index (χ3n) is 3.15. The summed E-state index contributed by atoms with van der Waals surface area (Å²) < 4.78 is 3.09. The number of rotatable bonds is 4. The van der Waals surface area contributed by atoms with Gasteiger partial charge in [-0.05, 0) is 47.5 Å². The predicted molar refractivity (Wildman–Crippen MR) is 61.6 cm³/mol. The Balaban J connectivity index is 1.89. The molecule has 0 N–H and O–H groups in total. The van der Waals surface area contributed by atoms with Crippen molar-refractivity contribution in [2.24, 2.45) is 5.92 Å². The van der Waals surface area contributed by atoms with Gasteiger partial charge in [0.1, 0.15) is 6.29 Å². The van der Waals surface area contributed by atoms with Gasteiger partial charge in [0.25, 0.3) is 0 Å².